The number of hydrogen-bond acceptors (Lipinski definition) is 6. The van der Waals surface area contributed by atoms with Gasteiger partial charge in [-0.1, -0.05) is 6.07 Å². The van der Waals surface area contributed by atoms with E-state index in [1.165, 1.54) is 52.3 Å². The number of esters is 1. The molecule has 0 fully saturated rings. The molecule has 1 amide bonds. The molecule has 0 radical (unpaired) electrons. The summed E-state index contributed by atoms with van der Waals surface area (Å²) in [5.41, 5.74) is -0.820. The SMILES string of the molecule is COC(=O)C(C)(C)NC(=O)c1cccc(S(=O)(=O)Nc2ccc(OC)cc2)c1. The quantitative estimate of drug-likeness (QED) is 0.682. The van der Waals surface area contributed by atoms with E-state index in [2.05, 4.69) is 14.8 Å². The van der Waals surface area contributed by atoms with Gasteiger partial charge in [0.25, 0.3) is 15.9 Å². The van der Waals surface area contributed by atoms with Gasteiger partial charge in [0.15, 0.2) is 0 Å². The summed E-state index contributed by atoms with van der Waals surface area (Å²) in [5.74, 6) is -0.627. The van der Waals surface area contributed by atoms with Gasteiger partial charge in [0, 0.05) is 11.3 Å². The Labute approximate surface area is 163 Å². The highest BCUT2D eigenvalue weighted by Gasteiger charge is 2.31. The van der Waals surface area contributed by atoms with E-state index in [0.29, 0.717) is 11.4 Å². The van der Waals surface area contributed by atoms with Crippen LogP contribution in [0, 0.1) is 0 Å². The predicted octanol–water partition coefficient (Wildman–Crippen LogP) is 2.18. The summed E-state index contributed by atoms with van der Waals surface area (Å²) in [5, 5.41) is 2.52. The van der Waals surface area contributed by atoms with Gasteiger partial charge in [-0.25, -0.2) is 13.2 Å². The van der Waals surface area contributed by atoms with Crippen molar-refractivity contribution < 1.29 is 27.5 Å². The molecule has 0 unspecified atom stereocenters. The van der Waals surface area contributed by atoms with Gasteiger partial charge in [-0.2, -0.15) is 0 Å². The Morgan fingerprint density at radius 2 is 1.64 bits per heavy atom. The molecule has 2 aromatic rings. The van der Waals surface area contributed by atoms with Crippen LogP contribution in [0.15, 0.2) is 53.4 Å². The summed E-state index contributed by atoms with van der Waals surface area (Å²) in [6.45, 7) is 2.98. The van der Waals surface area contributed by atoms with Crippen molar-refractivity contribution in [3.63, 3.8) is 0 Å². The average molecular weight is 406 g/mol. The number of methoxy groups -OCH3 is 2. The van der Waals surface area contributed by atoms with E-state index in [0.717, 1.165) is 0 Å². The summed E-state index contributed by atoms with van der Waals surface area (Å²) in [7, 11) is -1.19. The number of amides is 1. The normalized spacial score (nSPS) is 11.4. The zero-order valence-corrected chi connectivity index (χ0v) is 16.8. The fourth-order valence-electron chi connectivity index (χ4n) is 2.34. The second-order valence-corrected chi connectivity index (χ2v) is 8.11. The molecule has 0 spiro atoms. The van der Waals surface area contributed by atoms with Crippen molar-refractivity contribution in [1.29, 1.82) is 0 Å². The van der Waals surface area contributed by atoms with Gasteiger partial charge < -0.3 is 14.8 Å². The first kappa shape index (κ1) is 21.2. The van der Waals surface area contributed by atoms with Crippen molar-refractivity contribution in [2.24, 2.45) is 0 Å². The Morgan fingerprint density at radius 1 is 1.00 bits per heavy atom. The van der Waals surface area contributed by atoms with Gasteiger partial charge in [-0.05, 0) is 56.3 Å². The molecule has 0 aromatic heterocycles. The second kappa shape index (κ2) is 8.30. The molecule has 2 aromatic carbocycles. The fraction of sp³-hybridized carbons (Fsp3) is 0.263. The zero-order valence-electron chi connectivity index (χ0n) is 16.0. The van der Waals surface area contributed by atoms with Crippen LogP contribution in [0.5, 0.6) is 5.75 Å². The van der Waals surface area contributed by atoms with Gasteiger partial charge >= 0.3 is 5.97 Å². The summed E-state index contributed by atoms with van der Waals surface area (Å²) in [6, 6.07) is 11.9. The van der Waals surface area contributed by atoms with E-state index in [-0.39, 0.29) is 10.5 Å². The maximum Gasteiger partial charge on any atom is 0.330 e. The van der Waals surface area contributed by atoms with E-state index in [4.69, 9.17) is 4.74 Å². The highest BCUT2D eigenvalue weighted by molar-refractivity contribution is 7.92. The first-order valence-corrected chi connectivity index (χ1v) is 9.75. The van der Waals surface area contributed by atoms with Gasteiger partial charge in [0.05, 0.1) is 19.1 Å². The molecule has 0 atom stereocenters. The van der Waals surface area contributed by atoms with Crippen LogP contribution in [0.3, 0.4) is 0 Å². The number of hydrogen-bond donors (Lipinski definition) is 2. The number of nitrogens with one attached hydrogen (secondary N) is 2. The molecule has 28 heavy (non-hydrogen) atoms. The molecule has 2 N–H and O–H groups in total. The molecular weight excluding hydrogens is 384 g/mol. The minimum Gasteiger partial charge on any atom is -0.497 e. The van der Waals surface area contributed by atoms with Crippen molar-refractivity contribution in [3.8, 4) is 5.75 Å². The van der Waals surface area contributed by atoms with E-state index in [1.54, 1.807) is 24.3 Å². The van der Waals surface area contributed by atoms with Crippen LogP contribution in [0.1, 0.15) is 24.2 Å². The smallest absolute Gasteiger partial charge is 0.330 e. The molecule has 0 aliphatic carbocycles. The predicted molar refractivity (Wildman–Crippen MR) is 104 cm³/mol. The number of ether oxygens (including phenoxy) is 2. The molecule has 8 nitrogen and oxygen atoms in total. The Bertz CT molecular complexity index is 968. The van der Waals surface area contributed by atoms with Crippen molar-refractivity contribution in [3.05, 3.63) is 54.1 Å². The Morgan fingerprint density at radius 3 is 2.21 bits per heavy atom. The Balaban J connectivity index is 2.23. The van der Waals surface area contributed by atoms with Crippen LogP contribution in [0.4, 0.5) is 5.69 Å². The largest absolute Gasteiger partial charge is 0.497 e. The lowest BCUT2D eigenvalue weighted by atomic mass is 10.1. The minimum atomic E-state index is -3.92. The molecule has 0 saturated heterocycles. The summed E-state index contributed by atoms with van der Waals surface area (Å²) in [6.07, 6.45) is 0. The van der Waals surface area contributed by atoms with Crippen LogP contribution < -0.4 is 14.8 Å². The third-order valence-electron chi connectivity index (χ3n) is 3.87. The molecule has 0 bridgehead atoms. The topological polar surface area (TPSA) is 111 Å². The zero-order chi connectivity index (χ0) is 20.9. The molecule has 0 heterocycles. The third kappa shape index (κ3) is 5.01. The number of carbonyl (C=O) groups excluding carboxylic acids is 2. The van der Waals surface area contributed by atoms with Crippen LogP contribution in [-0.4, -0.2) is 40.1 Å². The van der Waals surface area contributed by atoms with Crippen LogP contribution >= 0.6 is 0 Å². The molecule has 0 aliphatic rings. The van der Waals surface area contributed by atoms with Crippen molar-refractivity contribution in [2.75, 3.05) is 18.9 Å². The minimum absolute atomic E-state index is 0.0909. The van der Waals surface area contributed by atoms with E-state index >= 15 is 0 Å². The van der Waals surface area contributed by atoms with Gasteiger partial charge in [0.1, 0.15) is 11.3 Å². The summed E-state index contributed by atoms with van der Waals surface area (Å²) >= 11 is 0. The van der Waals surface area contributed by atoms with Gasteiger partial charge in [-0.3, -0.25) is 9.52 Å². The molecule has 0 saturated carbocycles. The van der Waals surface area contributed by atoms with E-state index < -0.39 is 27.4 Å². The third-order valence-corrected chi connectivity index (χ3v) is 5.25. The Kier molecular flexibility index (Phi) is 6.30. The van der Waals surface area contributed by atoms with Crippen molar-refractivity contribution >= 4 is 27.6 Å². The second-order valence-electron chi connectivity index (χ2n) is 6.43. The van der Waals surface area contributed by atoms with E-state index in [1.807, 2.05) is 0 Å². The first-order valence-electron chi connectivity index (χ1n) is 8.27. The lowest BCUT2D eigenvalue weighted by Gasteiger charge is -2.23. The standard InChI is InChI=1S/C19H22N2O6S/c1-19(2,18(23)27-4)20-17(22)13-6-5-7-16(12-13)28(24,25)21-14-8-10-15(26-3)11-9-14/h5-12,21H,1-4H3,(H,20,22). The number of anilines is 1. The lowest BCUT2D eigenvalue weighted by molar-refractivity contribution is -0.146. The highest BCUT2D eigenvalue weighted by atomic mass is 32.2. The molecule has 150 valence electrons. The van der Waals surface area contributed by atoms with Crippen molar-refractivity contribution in [1.82, 2.24) is 5.32 Å². The van der Waals surface area contributed by atoms with Gasteiger partial charge in [0.2, 0.25) is 0 Å². The lowest BCUT2D eigenvalue weighted by Crippen LogP contribution is -2.50. The molecule has 2 rings (SSSR count). The maximum absolute atomic E-state index is 12.6. The van der Waals surface area contributed by atoms with Crippen LogP contribution in [-0.2, 0) is 19.6 Å². The molecular formula is C19H22N2O6S. The number of sulfonamides is 1. The summed E-state index contributed by atoms with van der Waals surface area (Å²) < 4.78 is 37.4. The van der Waals surface area contributed by atoms with Crippen molar-refractivity contribution in [2.45, 2.75) is 24.3 Å². The number of carbonyl (C=O) groups is 2. The Hall–Kier alpha value is -3.07. The average Bonchev–Trinajstić information content (AvgIpc) is 2.67. The highest BCUT2D eigenvalue weighted by Crippen LogP contribution is 2.20. The van der Waals surface area contributed by atoms with Crippen LogP contribution in [0.2, 0.25) is 0 Å². The number of benzene rings is 2. The van der Waals surface area contributed by atoms with Gasteiger partial charge in [-0.15, -0.1) is 0 Å². The first-order chi connectivity index (χ1) is 13.1. The maximum atomic E-state index is 12.6. The van der Waals surface area contributed by atoms with E-state index in [9.17, 15) is 18.0 Å². The summed E-state index contributed by atoms with van der Waals surface area (Å²) in [4.78, 5) is 24.1. The monoisotopic (exact) mass is 406 g/mol. The fourth-order valence-corrected chi connectivity index (χ4v) is 3.44. The molecule has 9 heteroatoms. The number of rotatable bonds is 7. The van der Waals surface area contributed by atoms with Crippen LogP contribution in [0.25, 0.3) is 0 Å². The molecule has 0 aliphatic heterocycles.